The number of ether oxygens (including phenoxy) is 1. The molecule has 0 bridgehead atoms. The molecule has 102 valence electrons. The molecular weight excluding hydrogens is 346 g/mol. The maximum atomic E-state index is 11.3. The molecule has 0 aliphatic carbocycles. The van der Waals surface area contributed by atoms with Gasteiger partial charge in [0.15, 0.2) is 9.84 Å². The van der Waals surface area contributed by atoms with Crippen LogP contribution in [0.5, 0.6) is 5.75 Å². The van der Waals surface area contributed by atoms with Crippen LogP contribution in [0, 0.1) is 0 Å². The van der Waals surface area contributed by atoms with E-state index in [0.717, 1.165) is 6.26 Å². The summed E-state index contributed by atoms with van der Waals surface area (Å²) in [7, 11) is -7.09. The second kappa shape index (κ2) is 5.55. The van der Waals surface area contributed by atoms with Gasteiger partial charge in [-0.1, -0.05) is 15.9 Å². The van der Waals surface area contributed by atoms with Crippen molar-refractivity contribution in [2.75, 3.05) is 18.6 Å². The van der Waals surface area contributed by atoms with Gasteiger partial charge < -0.3 is 4.74 Å². The Bertz CT molecular complexity index is 639. The lowest BCUT2D eigenvalue weighted by Crippen LogP contribution is -2.16. The van der Waals surface area contributed by atoms with Crippen molar-refractivity contribution in [2.24, 2.45) is 5.14 Å². The summed E-state index contributed by atoms with van der Waals surface area (Å²) < 4.78 is 50.2. The molecule has 0 aliphatic rings. The summed E-state index contributed by atoms with van der Waals surface area (Å²) in [6, 6.07) is 4.28. The topological polar surface area (TPSA) is 104 Å². The fraction of sp³-hybridized carbons (Fsp3) is 0.333. The molecule has 0 aliphatic heterocycles. The average Bonchev–Trinajstić information content (AvgIpc) is 2.17. The third kappa shape index (κ3) is 4.92. The first-order valence-corrected chi connectivity index (χ1v) is 9.12. The van der Waals surface area contributed by atoms with E-state index in [1.54, 1.807) is 6.07 Å². The van der Waals surface area contributed by atoms with Crippen LogP contribution in [-0.4, -0.2) is 35.5 Å². The summed E-state index contributed by atoms with van der Waals surface area (Å²) in [5, 5.41) is 5.04. The van der Waals surface area contributed by atoms with Crippen LogP contribution >= 0.6 is 15.9 Å². The lowest BCUT2D eigenvalue weighted by Gasteiger charge is -2.10. The molecule has 0 heterocycles. The first-order valence-electron chi connectivity index (χ1n) is 4.72. The van der Waals surface area contributed by atoms with Gasteiger partial charge in [-0.25, -0.2) is 22.0 Å². The Balaban J connectivity index is 2.96. The number of sulfone groups is 1. The van der Waals surface area contributed by atoms with Crippen LogP contribution in [0.3, 0.4) is 0 Å². The molecule has 1 rings (SSSR count). The van der Waals surface area contributed by atoms with Gasteiger partial charge in [-0.15, -0.1) is 0 Å². The second-order valence-electron chi connectivity index (χ2n) is 3.61. The first kappa shape index (κ1) is 15.4. The number of nitrogens with two attached hydrogens (primary N) is 1. The predicted molar refractivity (Wildman–Crippen MR) is 70.7 cm³/mol. The third-order valence-corrected chi connectivity index (χ3v) is 4.26. The minimum Gasteiger partial charge on any atom is -0.491 e. The maximum absolute atomic E-state index is 11.3. The molecule has 1 aromatic rings. The minimum absolute atomic E-state index is 0.0318. The molecule has 1 aromatic carbocycles. The quantitative estimate of drug-likeness (QED) is 0.827. The van der Waals surface area contributed by atoms with Crippen LogP contribution < -0.4 is 9.88 Å². The average molecular weight is 358 g/mol. The highest BCUT2D eigenvalue weighted by atomic mass is 79.9. The summed E-state index contributed by atoms with van der Waals surface area (Å²) in [6.07, 6.45) is 1.07. The molecule has 0 spiro atoms. The Morgan fingerprint density at radius 2 is 1.89 bits per heavy atom. The maximum Gasteiger partial charge on any atom is 0.241 e. The van der Waals surface area contributed by atoms with E-state index in [2.05, 4.69) is 15.9 Å². The van der Waals surface area contributed by atoms with Crippen molar-refractivity contribution in [3.05, 3.63) is 22.7 Å². The zero-order valence-electron chi connectivity index (χ0n) is 9.46. The minimum atomic E-state index is -3.93. The van der Waals surface area contributed by atoms with E-state index in [-0.39, 0.29) is 23.0 Å². The molecule has 0 radical (unpaired) electrons. The van der Waals surface area contributed by atoms with Gasteiger partial charge in [0.25, 0.3) is 0 Å². The monoisotopic (exact) mass is 357 g/mol. The van der Waals surface area contributed by atoms with E-state index < -0.39 is 19.9 Å². The van der Waals surface area contributed by atoms with Gasteiger partial charge in [0, 0.05) is 10.7 Å². The van der Waals surface area contributed by atoms with Gasteiger partial charge in [-0.3, -0.25) is 0 Å². The van der Waals surface area contributed by atoms with Gasteiger partial charge in [-0.05, 0) is 18.2 Å². The van der Waals surface area contributed by atoms with Crippen molar-refractivity contribution < 1.29 is 21.6 Å². The Kier molecular flexibility index (Phi) is 4.76. The number of primary sulfonamides is 1. The number of benzene rings is 1. The predicted octanol–water partition coefficient (Wildman–Crippen LogP) is 0.520. The summed E-state index contributed by atoms with van der Waals surface area (Å²) in [5.74, 6) is -0.169. The van der Waals surface area contributed by atoms with E-state index in [1.165, 1.54) is 12.1 Å². The molecule has 6 nitrogen and oxygen atoms in total. The summed E-state index contributed by atoms with van der Waals surface area (Å²) in [4.78, 5) is -0.189. The zero-order chi connectivity index (χ0) is 14.0. The Morgan fingerprint density at radius 3 is 2.39 bits per heavy atom. The number of halogens is 1. The molecule has 0 amide bonds. The highest BCUT2D eigenvalue weighted by Gasteiger charge is 2.16. The van der Waals surface area contributed by atoms with E-state index >= 15 is 0 Å². The zero-order valence-corrected chi connectivity index (χ0v) is 12.7. The van der Waals surface area contributed by atoms with Crippen LogP contribution in [0.15, 0.2) is 27.6 Å². The van der Waals surface area contributed by atoms with Crippen LogP contribution in [-0.2, 0) is 19.9 Å². The number of rotatable bonds is 5. The Labute approximate surface area is 114 Å². The van der Waals surface area contributed by atoms with Crippen molar-refractivity contribution in [2.45, 2.75) is 4.90 Å². The van der Waals surface area contributed by atoms with Crippen LogP contribution in [0.4, 0.5) is 0 Å². The van der Waals surface area contributed by atoms with Crippen molar-refractivity contribution in [1.29, 1.82) is 0 Å². The Morgan fingerprint density at radius 1 is 1.28 bits per heavy atom. The highest BCUT2D eigenvalue weighted by molar-refractivity contribution is 9.10. The smallest absolute Gasteiger partial charge is 0.241 e. The van der Waals surface area contributed by atoms with E-state index in [4.69, 9.17) is 9.88 Å². The summed E-state index contributed by atoms with van der Waals surface area (Å²) >= 11 is 3.12. The van der Waals surface area contributed by atoms with Crippen molar-refractivity contribution in [1.82, 2.24) is 0 Å². The fourth-order valence-corrected chi connectivity index (χ4v) is 2.72. The van der Waals surface area contributed by atoms with Gasteiger partial charge in [0.2, 0.25) is 10.0 Å². The SMILES string of the molecule is CS(=O)(=O)CCOc1ccc(Br)cc1S(N)(=O)=O. The van der Waals surface area contributed by atoms with Crippen LogP contribution in [0.1, 0.15) is 0 Å². The number of sulfonamides is 1. The molecule has 0 unspecified atom stereocenters. The summed E-state index contributed by atoms with van der Waals surface area (Å²) in [5.41, 5.74) is 0. The summed E-state index contributed by atoms with van der Waals surface area (Å²) in [6.45, 7) is -0.136. The molecule has 18 heavy (non-hydrogen) atoms. The van der Waals surface area contributed by atoms with E-state index in [0.29, 0.717) is 4.47 Å². The van der Waals surface area contributed by atoms with Crippen molar-refractivity contribution in [3.8, 4) is 5.75 Å². The highest BCUT2D eigenvalue weighted by Crippen LogP contribution is 2.26. The first-order chi connectivity index (χ1) is 8.09. The van der Waals surface area contributed by atoms with Gasteiger partial charge in [0.1, 0.15) is 17.3 Å². The number of hydrogen-bond donors (Lipinski definition) is 1. The van der Waals surface area contributed by atoms with Gasteiger partial charge in [-0.2, -0.15) is 0 Å². The molecule has 9 heteroatoms. The molecule has 0 saturated carbocycles. The normalized spacial score (nSPS) is 12.4. The molecule has 2 N–H and O–H groups in total. The largest absolute Gasteiger partial charge is 0.491 e. The van der Waals surface area contributed by atoms with Gasteiger partial charge >= 0.3 is 0 Å². The van der Waals surface area contributed by atoms with E-state index in [1.807, 2.05) is 0 Å². The van der Waals surface area contributed by atoms with Gasteiger partial charge in [0.05, 0.1) is 5.75 Å². The van der Waals surface area contributed by atoms with Crippen molar-refractivity contribution in [3.63, 3.8) is 0 Å². The Hall–Kier alpha value is -0.640. The fourth-order valence-electron chi connectivity index (χ4n) is 1.13. The molecule has 0 atom stereocenters. The lowest BCUT2D eigenvalue weighted by atomic mass is 10.3. The van der Waals surface area contributed by atoms with Crippen LogP contribution in [0.25, 0.3) is 0 Å². The molecular formula is C9H12BrNO5S2. The molecule has 0 saturated heterocycles. The number of hydrogen-bond acceptors (Lipinski definition) is 5. The standard InChI is InChI=1S/C9H12BrNO5S2/c1-17(12,13)5-4-16-8-3-2-7(10)6-9(8)18(11,14)15/h2-3,6H,4-5H2,1H3,(H2,11,14,15). The third-order valence-electron chi connectivity index (χ3n) is 1.92. The molecule has 0 fully saturated rings. The van der Waals surface area contributed by atoms with Crippen molar-refractivity contribution >= 4 is 35.8 Å². The molecule has 0 aromatic heterocycles. The lowest BCUT2D eigenvalue weighted by molar-refractivity contribution is 0.332. The van der Waals surface area contributed by atoms with E-state index in [9.17, 15) is 16.8 Å². The van der Waals surface area contributed by atoms with Crippen LogP contribution in [0.2, 0.25) is 0 Å². The second-order valence-corrected chi connectivity index (χ2v) is 8.32.